The Kier molecular flexibility index (Phi) is 4.03. The maximum Gasteiger partial charge on any atom is 0.418 e. The lowest BCUT2D eigenvalue weighted by Crippen LogP contribution is -2.48. The lowest BCUT2D eigenvalue weighted by molar-refractivity contribution is -0.137. The second-order valence-electron chi connectivity index (χ2n) is 7.54. The largest absolute Gasteiger partial charge is 0.506 e. The molecule has 27 heavy (non-hydrogen) atoms. The highest BCUT2D eigenvalue weighted by Gasteiger charge is 2.39. The minimum absolute atomic E-state index is 0.00628. The molecule has 2 heterocycles. The fourth-order valence-corrected chi connectivity index (χ4v) is 3.88. The summed E-state index contributed by atoms with van der Waals surface area (Å²) in [5, 5.41) is 31.6. The lowest BCUT2D eigenvalue weighted by atomic mass is 9.77. The molecule has 2 aliphatic rings. The number of hydrogen-bond donors (Lipinski definition) is 3. The molecule has 2 aromatic rings. The first-order valence-corrected chi connectivity index (χ1v) is 8.78. The summed E-state index contributed by atoms with van der Waals surface area (Å²) in [6, 6.07) is 0.774. The zero-order chi connectivity index (χ0) is 19.4. The van der Waals surface area contributed by atoms with Gasteiger partial charge in [-0.25, -0.2) is 4.98 Å². The zero-order valence-corrected chi connectivity index (χ0v) is 14.6. The molecule has 0 amide bonds. The van der Waals surface area contributed by atoms with Gasteiger partial charge in [-0.15, -0.1) is 10.2 Å². The third-order valence-electron chi connectivity index (χ3n) is 5.17. The van der Waals surface area contributed by atoms with Gasteiger partial charge in [0.05, 0.1) is 11.2 Å². The fraction of sp³-hybridized carbons (Fsp3) is 0.500. The number of aromatic hydroxyl groups is 1. The van der Waals surface area contributed by atoms with Crippen molar-refractivity contribution in [3.05, 3.63) is 29.0 Å². The van der Waals surface area contributed by atoms with Crippen molar-refractivity contribution in [1.29, 1.82) is 0 Å². The molecule has 3 N–H and O–H groups in total. The quantitative estimate of drug-likeness (QED) is 0.758. The molecule has 4 rings (SSSR count). The van der Waals surface area contributed by atoms with E-state index in [2.05, 4.69) is 20.5 Å². The fourth-order valence-electron chi connectivity index (χ4n) is 3.88. The van der Waals surface area contributed by atoms with Crippen LogP contribution in [0.1, 0.15) is 42.9 Å². The molecular weight excluding hydrogens is 361 g/mol. The van der Waals surface area contributed by atoms with E-state index in [1.54, 1.807) is 6.92 Å². The first-order chi connectivity index (χ1) is 12.6. The Bertz CT molecular complexity index is 891. The molecule has 0 radical (unpaired) electrons. The molecule has 6 nitrogen and oxygen atoms in total. The van der Waals surface area contributed by atoms with Gasteiger partial charge in [0.1, 0.15) is 17.1 Å². The normalized spacial score (nSPS) is 24.4. The maximum absolute atomic E-state index is 12.8. The highest BCUT2D eigenvalue weighted by molar-refractivity contribution is 5.70. The second-order valence-corrected chi connectivity index (χ2v) is 7.54. The average molecular weight is 380 g/mol. The SMILES string of the molecule is CC1(O)CC(Nc2nnc(-c3ncc(C(F)(F)F)cc3O)c3c2CCC3)C1. The van der Waals surface area contributed by atoms with E-state index >= 15 is 0 Å². The summed E-state index contributed by atoms with van der Waals surface area (Å²) in [5.74, 6) is 0.0714. The van der Waals surface area contributed by atoms with E-state index in [-0.39, 0.29) is 11.7 Å². The average Bonchev–Trinajstić information content (AvgIpc) is 3.03. The summed E-state index contributed by atoms with van der Waals surface area (Å²) in [4.78, 5) is 3.80. The Hall–Kier alpha value is -2.42. The molecule has 0 aromatic carbocycles. The number of aliphatic hydroxyl groups is 1. The van der Waals surface area contributed by atoms with E-state index < -0.39 is 23.1 Å². The van der Waals surface area contributed by atoms with Crippen molar-refractivity contribution in [3.8, 4) is 17.1 Å². The van der Waals surface area contributed by atoms with Crippen LogP contribution >= 0.6 is 0 Å². The van der Waals surface area contributed by atoms with Crippen molar-refractivity contribution in [2.75, 3.05) is 5.32 Å². The van der Waals surface area contributed by atoms with Crippen LogP contribution < -0.4 is 5.32 Å². The topological polar surface area (TPSA) is 91.2 Å². The molecule has 0 bridgehead atoms. The van der Waals surface area contributed by atoms with E-state index in [1.807, 2.05) is 0 Å². The number of anilines is 1. The van der Waals surface area contributed by atoms with E-state index in [4.69, 9.17) is 0 Å². The molecular formula is C18H19F3N4O2. The van der Waals surface area contributed by atoms with Crippen molar-refractivity contribution in [1.82, 2.24) is 15.2 Å². The van der Waals surface area contributed by atoms with E-state index in [1.165, 1.54) is 0 Å². The molecule has 1 fully saturated rings. The molecule has 2 aliphatic carbocycles. The Balaban J connectivity index is 1.66. The molecule has 144 valence electrons. The Labute approximate surface area is 153 Å². The molecule has 0 spiro atoms. The van der Waals surface area contributed by atoms with Crippen LogP contribution in [-0.4, -0.2) is 37.0 Å². The van der Waals surface area contributed by atoms with E-state index in [0.29, 0.717) is 43.0 Å². The molecule has 2 aromatic heterocycles. The number of pyridine rings is 1. The van der Waals surface area contributed by atoms with Crippen LogP contribution in [0.15, 0.2) is 12.3 Å². The highest BCUT2D eigenvalue weighted by atomic mass is 19.4. The number of nitrogens with zero attached hydrogens (tertiary/aromatic N) is 3. The third-order valence-corrected chi connectivity index (χ3v) is 5.17. The first kappa shape index (κ1) is 18.0. The van der Waals surface area contributed by atoms with Crippen LogP contribution in [0.4, 0.5) is 19.0 Å². The molecule has 9 heteroatoms. The van der Waals surface area contributed by atoms with Gasteiger partial charge in [-0.3, -0.25) is 0 Å². The van der Waals surface area contributed by atoms with Gasteiger partial charge in [0.25, 0.3) is 0 Å². The van der Waals surface area contributed by atoms with Crippen molar-refractivity contribution in [3.63, 3.8) is 0 Å². The summed E-state index contributed by atoms with van der Waals surface area (Å²) < 4.78 is 38.4. The smallest absolute Gasteiger partial charge is 0.418 e. The monoisotopic (exact) mass is 380 g/mol. The summed E-state index contributed by atoms with van der Waals surface area (Å²) in [6.45, 7) is 1.78. The number of nitrogens with one attached hydrogen (secondary N) is 1. The van der Waals surface area contributed by atoms with Crippen molar-refractivity contribution in [2.24, 2.45) is 0 Å². The van der Waals surface area contributed by atoms with Crippen LogP contribution in [0.3, 0.4) is 0 Å². The predicted molar refractivity (Wildman–Crippen MR) is 91.2 cm³/mol. The number of fused-ring (bicyclic) bond motifs is 1. The van der Waals surface area contributed by atoms with Gasteiger partial charge in [-0.05, 0) is 50.7 Å². The van der Waals surface area contributed by atoms with Gasteiger partial charge >= 0.3 is 6.18 Å². The van der Waals surface area contributed by atoms with Crippen LogP contribution in [0.2, 0.25) is 0 Å². The Morgan fingerprint density at radius 3 is 2.48 bits per heavy atom. The number of rotatable bonds is 3. The minimum Gasteiger partial charge on any atom is -0.506 e. The summed E-state index contributed by atoms with van der Waals surface area (Å²) in [6.07, 6.45) is -0.313. The van der Waals surface area contributed by atoms with E-state index in [9.17, 15) is 23.4 Å². The third kappa shape index (κ3) is 3.31. The molecule has 0 atom stereocenters. The van der Waals surface area contributed by atoms with Crippen LogP contribution in [0, 0.1) is 0 Å². The standard InChI is InChI=1S/C18H19F3N4O2/c1-17(27)6-10(7-17)23-16-12-4-2-3-11(12)14(24-25-16)15-13(26)5-9(8-22-15)18(19,20)21/h5,8,10,26-27H,2-4,6-7H2,1H3,(H,23,25). The summed E-state index contributed by atoms with van der Waals surface area (Å²) in [7, 11) is 0. The van der Waals surface area contributed by atoms with Gasteiger partial charge in [-0.1, -0.05) is 0 Å². The van der Waals surface area contributed by atoms with Crippen LogP contribution in [-0.2, 0) is 19.0 Å². The number of alkyl halides is 3. The van der Waals surface area contributed by atoms with Gasteiger partial charge in [-0.2, -0.15) is 13.2 Å². The zero-order valence-electron chi connectivity index (χ0n) is 14.6. The van der Waals surface area contributed by atoms with Gasteiger partial charge in [0.2, 0.25) is 0 Å². The highest BCUT2D eigenvalue weighted by Crippen LogP contribution is 2.40. The number of halogens is 3. The van der Waals surface area contributed by atoms with Gasteiger partial charge in [0.15, 0.2) is 5.82 Å². The van der Waals surface area contributed by atoms with Gasteiger partial charge in [0, 0.05) is 17.8 Å². The summed E-state index contributed by atoms with van der Waals surface area (Å²) in [5.41, 5.74) is 0.452. The molecule has 1 saturated carbocycles. The summed E-state index contributed by atoms with van der Waals surface area (Å²) >= 11 is 0. The number of aromatic nitrogens is 3. The molecule has 0 saturated heterocycles. The maximum atomic E-state index is 12.8. The van der Waals surface area contributed by atoms with Crippen molar-refractivity contribution >= 4 is 5.82 Å². The predicted octanol–water partition coefficient (Wildman–Crippen LogP) is 3.08. The van der Waals surface area contributed by atoms with Crippen molar-refractivity contribution in [2.45, 2.75) is 56.8 Å². The van der Waals surface area contributed by atoms with E-state index in [0.717, 1.165) is 24.0 Å². The minimum atomic E-state index is -4.58. The molecule has 0 aliphatic heterocycles. The number of hydrogen-bond acceptors (Lipinski definition) is 6. The lowest BCUT2D eigenvalue weighted by Gasteiger charge is -2.41. The van der Waals surface area contributed by atoms with Crippen molar-refractivity contribution < 1.29 is 23.4 Å². The Morgan fingerprint density at radius 2 is 1.85 bits per heavy atom. The van der Waals surface area contributed by atoms with Crippen LogP contribution in [0.25, 0.3) is 11.4 Å². The van der Waals surface area contributed by atoms with Gasteiger partial charge < -0.3 is 15.5 Å². The van der Waals surface area contributed by atoms with Crippen LogP contribution in [0.5, 0.6) is 5.75 Å². The Morgan fingerprint density at radius 1 is 1.15 bits per heavy atom. The molecule has 0 unspecified atom stereocenters. The first-order valence-electron chi connectivity index (χ1n) is 8.78. The second kappa shape index (κ2) is 6.05.